The van der Waals surface area contributed by atoms with Crippen LogP contribution in [0.25, 0.3) is 0 Å². The van der Waals surface area contributed by atoms with Crippen LogP contribution in [0.2, 0.25) is 0 Å². The van der Waals surface area contributed by atoms with Crippen molar-refractivity contribution < 1.29 is 22.8 Å². The lowest BCUT2D eigenvalue weighted by molar-refractivity contribution is -0.178. The average molecular weight is 250 g/mol. The lowest BCUT2D eigenvalue weighted by Gasteiger charge is -2.35. The Balaban J connectivity index is 2.90. The van der Waals surface area contributed by atoms with Crippen molar-refractivity contribution in [3.8, 4) is 0 Å². The minimum Gasteiger partial charge on any atom is -0.299 e. The summed E-state index contributed by atoms with van der Waals surface area (Å²) in [6.45, 7) is 5.45. The van der Waals surface area contributed by atoms with E-state index in [9.17, 15) is 22.8 Å². The fourth-order valence-electron chi connectivity index (χ4n) is 2.37. The van der Waals surface area contributed by atoms with Gasteiger partial charge in [-0.2, -0.15) is 13.2 Å². The molecule has 0 spiro atoms. The summed E-state index contributed by atoms with van der Waals surface area (Å²) >= 11 is 0. The first-order valence-electron chi connectivity index (χ1n) is 5.70. The van der Waals surface area contributed by atoms with Crippen LogP contribution in [-0.2, 0) is 9.59 Å². The minimum atomic E-state index is -4.90. The summed E-state index contributed by atoms with van der Waals surface area (Å²) < 4.78 is 37.0. The van der Waals surface area contributed by atoms with Crippen LogP contribution in [0.4, 0.5) is 13.2 Å². The van der Waals surface area contributed by atoms with Crippen molar-refractivity contribution in [1.82, 2.24) is 0 Å². The number of Topliss-reactive ketones (excluding diaryl/α,β-unsaturated/α-hetero) is 2. The Hall–Kier alpha value is -0.870. The Labute approximate surface area is 98.6 Å². The van der Waals surface area contributed by atoms with E-state index in [2.05, 4.69) is 0 Å². The molecule has 5 heteroatoms. The Morgan fingerprint density at radius 1 is 1.18 bits per heavy atom. The highest BCUT2D eigenvalue weighted by atomic mass is 19.4. The average Bonchev–Trinajstić information content (AvgIpc) is 2.13. The highest BCUT2D eigenvalue weighted by Gasteiger charge is 2.50. The number of carbonyl (C=O) groups is 2. The highest BCUT2D eigenvalue weighted by molar-refractivity contribution is 6.06. The first kappa shape index (κ1) is 14.2. The maximum Gasteiger partial charge on any atom is 0.450 e. The molecule has 1 aliphatic rings. The molecule has 0 heterocycles. The van der Waals surface area contributed by atoms with E-state index >= 15 is 0 Å². The van der Waals surface area contributed by atoms with Crippen molar-refractivity contribution in [1.29, 1.82) is 0 Å². The molecular weight excluding hydrogens is 233 g/mol. The van der Waals surface area contributed by atoms with Crippen LogP contribution >= 0.6 is 0 Å². The summed E-state index contributed by atoms with van der Waals surface area (Å²) in [5.74, 6) is -4.34. The summed E-state index contributed by atoms with van der Waals surface area (Å²) in [6.07, 6.45) is -3.80. The van der Waals surface area contributed by atoms with Crippen molar-refractivity contribution in [2.45, 2.75) is 46.2 Å². The van der Waals surface area contributed by atoms with Crippen molar-refractivity contribution >= 4 is 11.6 Å². The van der Waals surface area contributed by atoms with Gasteiger partial charge in [0, 0.05) is 5.92 Å². The summed E-state index contributed by atoms with van der Waals surface area (Å²) in [5, 5.41) is 0. The Bertz CT molecular complexity index is 326. The van der Waals surface area contributed by atoms with Crippen LogP contribution in [0, 0.1) is 17.3 Å². The van der Waals surface area contributed by atoms with E-state index in [1.807, 2.05) is 20.8 Å². The van der Waals surface area contributed by atoms with Gasteiger partial charge in [0.25, 0.3) is 0 Å². The molecule has 0 aromatic heterocycles. The van der Waals surface area contributed by atoms with Crippen molar-refractivity contribution in [3.05, 3.63) is 0 Å². The molecule has 1 aliphatic carbocycles. The molecule has 98 valence electrons. The number of ketones is 2. The zero-order valence-electron chi connectivity index (χ0n) is 10.2. The molecule has 1 saturated carbocycles. The van der Waals surface area contributed by atoms with Crippen molar-refractivity contribution in [2.24, 2.45) is 17.3 Å². The van der Waals surface area contributed by atoms with Gasteiger partial charge in [-0.05, 0) is 18.3 Å². The smallest absolute Gasteiger partial charge is 0.299 e. The molecule has 0 saturated heterocycles. The van der Waals surface area contributed by atoms with Gasteiger partial charge in [-0.25, -0.2) is 0 Å². The lowest BCUT2D eigenvalue weighted by atomic mass is 9.67. The summed E-state index contributed by atoms with van der Waals surface area (Å²) in [7, 11) is 0. The molecule has 0 aromatic carbocycles. The minimum absolute atomic E-state index is 0.0315. The molecule has 0 N–H and O–H groups in total. The van der Waals surface area contributed by atoms with Gasteiger partial charge in [-0.15, -0.1) is 0 Å². The number of alkyl halides is 3. The normalized spacial score (nSPS) is 27.1. The maximum atomic E-state index is 12.3. The van der Waals surface area contributed by atoms with Crippen LogP contribution in [0.3, 0.4) is 0 Å². The number of rotatable bonds is 1. The van der Waals surface area contributed by atoms with Crippen LogP contribution in [-0.4, -0.2) is 17.7 Å². The van der Waals surface area contributed by atoms with Crippen LogP contribution in [0.1, 0.15) is 40.0 Å². The second-order valence-corrected chi connectivity index (χ2v) is 5.67. The summed E-state index contributed by atoms with van der Waals surface area (Å²) in [4.78, 5) is 23.1. The fourth-order valence-corrected chi connectivity index (χ4v) is 2.37. The number of halogens is 3. The van der Waals surface area contributed by atoms with E-state index in [0.717, 1.165) is 0 Å². The largest absolute Gasteiger partial charge is 0.450 e. The topological polar surface area (TPSA) is 34.1 Å². The molecule has 17 heavy (non-hydrogen) atoms. The molecule has 0 amide bonds. The zero-order valence-corrected chi connectivity index (χ0v) is 10.2. The maximum absolute atomic E-state index is 12.3. The van der Waals surface area contributed by atoms with Gasteiger partial charge in [0.05, 0.1) is 5.92 Å². The Morgan fingerprint density at radius 2 is 1.71 bits per heavy atom. The third kappa shape index (κ3) is 3.07. The molecule has 2 nitrogen and oxygen atoms in total. The van der Waals surface area contributed by atoms with Crippen LogP contribution < -0.4 is 0 Å². The molecule has 0 aromatic rings. The van der Waals surface area contributed by atoms with E-state index in [4.69, 9.17) is 0 Å². The van der Waals surface area contributed by atoms with Gasteiger partial charge in [-0.1, -0.05) is 27.2 Å². The Morgan fingerprint density at radius 3 is 2.12 bits per heavy atom. The Kier molecular flexibility index (Phi) is 3.69. The van der Waals surface area contributed by atoms with Crippen LogP contribution in [0.15, 0.2) is 0 Å². The monoisotopic (exact) mass is 250 g/mol. The van der Waals surface area contributed by atoms with Gasteiger partial charge < -0.3 is 0 Å². The summed E-state index contributed by atoms with van der Waals surface area (Å²) in [6, 6.07) is 0. The first-order chi connectivity index (χ1) is 7.55. The molecule has 0 aliphatic heterocycles. The van der Waals surface area contributed by atoms with E-state index < -0.39 is 29.6 Å². The van der Waals surface area contributed by atoms with E-state index in [0.29, 0.717) is 12.8 Å². The predicted molar refractivity (Wildman–Crippen MR) is 56.4 cm³/mol. The third-order valence-electron chi connectivity index (χ3n) is 3.31. The molecule has 0 unspecified atom stereocenters. The number of hydrogen-bond donors (Lipinski definition) is 0. The third-order valence-corrected chi connectivity index (χ3v) is 3.31. The molecule has 1 rings (SSSR count). The van der Waals surface area contributed by atoms with Gasteiger partial charge in [0.15, 0.2) is 0 Å². The molecule has 0 bridgehead atoms. The standard InChI is InChI=1S/C12H17F3O2/c1-11(2,3)8-6-4-5-7(9(8)16)10(17)12(13,14)15/h7-8H,4-6H2,1-3H3/t7-,8-/m0/s1. The van der Waals surface area contributed by atoms with Gasteiger partial charge in [0.2, 0.25) is 5.78 Å². The molecule has 2 atom stereocenters. The van der Waals surface area contributed by atoms with E-state index in [1.54, 1.807) is 0 Å². The van der Waals surface area contributed by atoms with E-state index in [-0.39, 0.29) is 11.8 Å². The van der Waals surface area contributed by atoms with Gasteiger partial charge in [-0.3, -0.25) is 9.59 Å². The quantitative estimate of drug-likeness (QED) is 0.670. The predicted octanol–water partition coefficient (Wildman–Crippen LogP) is 3.15. The van der Waals surface area contributed by atoms with Crippen LogP contribution in [0.5, 0.6) is 0 Å². The first-order valence-corrected chi connectivity index (χ1v) is 5.70. The molecular formula is C12H17F3O2. The zero-order chi connectivity index (χ0) is 13.4. The fraction of sp³-hybridized carbons (Fsp3) is 0.833. The lowest BCUT2D eigenvalue weighted by Crippen LogP contribution is -2.44. The molecule has 0 radical (unpaired) electrons. The van der Waals surface area contributed by atoms with Gasteiger partial charge in [0.1, 0.15) is 5.78 Å². The second-order valence-electron chi connectivity index (χ2n) is 5.67. The van der Waals surface area contributed by atoms with E-state index in [1.165, 1.54) is 0 Å². The SMILES string of the molecule is CC(C)(C)[C@H]1CCC[C@H](C(=O)C(F)(F)F)C1=O. The highest BCUT2D eigenvalue weighted by Crippen LogP contribution is 2.39. The molecule has 1 fully saturated rings. The van der Waals surface area contributed by atoms with Gasteiger partial charge >= 0.3 is 6.18 Å². The van der Waals surface area contributed by atoms with Crippen molar-refractivity contribution in [2.75, 3.05) is 0 Å². The number of hydrogen-bond acceptors (Lipinski definition) is 2. The second kappa shape index (κ2) is 4.42. The summed E-state index contributed by atoms with van der Waals surface area (Å²) in [5.41, 5.74) is -0.387. The number of carbonyl (C=O) groups excluding carboxylic acids is 2. The van der Waals surface area contributed by atoms with Crippen molar-refractivity contribution in [3.63, 3.8) is 0 Å².